The van der Waals surface area contributed by atoms with Crippen molar-refractivity contribution in [3.8, 4) is 5.75 Å². The lowest BCUT2D eigenvalue weighted by Crippen LogP contribution is -2.48. The van der Waals surface area contributed by atoms with Gasteiger partial charge in [0.25, 0.3) is 5.91 Å². The second-order valence-electron chi connectivity index (χ2n) is 6.18. The van der Waals surface area contributed by atoms with Crippen molar-refractivity contribution in [2.45, 2.75) is 6.36 Å². The maximum absolute atomic E-state index is 12.6. The smallest absolute Gasteiger partial charge is 0.406 e. The first-order valence-electron chi connectivity index (χ1n) is 8.51. The van der Waals surface area contributed by atoms with Gasteiger partial charge in [-0.15, -0.1) is 13.2 Å². The molecule has 1 fully saturated rings. The molecule has 0 spiro atoms. The van der Waals surface area contributed by atoms with Gasteiger partial charge < -0.3 is 14.5 Å². The van der Waals surface area contributed by atoms with Crippen LogP contribution in [-0.4, -0.2) is 53.3 Å². The molecule has 4 rings (SSSR count). The Morgan fingerprint density at radius 3 is 2.43 bits per heavy atom. The predicted molar refractivity (Wildman–Crippen MR) is 98.7 cm³/mol. The van der Waals surface area contributed by atoms with Crippen molar-refractivity contribution >= 4 is 32.7 Å². The monoisotopic (exact) mass is 408 g/mol. The Bertz CT molecular complexity index is 949. The summed E-state index contributed by atoms with van der Waals surface area (Å²) in [5.74, 6) is -0.567. The fourth-order valence-corrected chi connectivity index (χ4v) is 3.94. The van der Waals surface area contributed by atoms with E-state index in [1.807, 2.05) is 12.1 Å². The van der Waals surface area contributed by atoms with Gasteiger partial charge in [0.1, 0.15) is 16.1 Å². The minimum absolute atomic E-state index is 0.218. The summed E-state index contributed by atoms with van der Waals surface area (Å²) in [6.07, 6.45) is -3.02. The first-order chi connectivity index (χ1) is 13.4. The molecule has 1 aliphatic heterocycles. The Morgan fingerprint density at radius 2 is 1.79 bits per heavy atom. The molecule has 6 nitrogen and oxygen atoms in total. The number of hydrogen-bond acceptors (Lipinski definition) is 6. The lowest BCUT2D eigenvalue weighted by atomic mass is 10.1. The molecular formula is C18H15F3N4O2S. The summed E-state index contributed by atoms with van der Waals surface area (Å²) in [6, 6.07) is 8.72. The van der Waals surface area contributed by atoms with Crippen molar-refractivity contribution < 1.29 is 22.7 Å². The highest BCUT2D eigenvalue weighted by molar-refractivity contribution is 7.21. The number of halogens is 3. The third kappa shape index (κ3) is 4.01. The number of carbonyl (C=O) groups is 1. The van der Waals surface area contributed by atoms with Crippen LogP contribution in [0.25, 0.3) is 10.3 Å². The summed E-state index contributed by atoms with van der Waals surface area (Å²) < 4.78 is 40.5. The number of piperazine rings is 1. The number of hydrogen-bond donors (Lipinski definition) is 0. The van der Waals surface area contributed by atoms with E-state index in [9.17, 15) is 18.0 Å². The topological polar surface area (TPSA) is 58.6 Å². The third-order valence-corrected chi connectivity index (χ3v) is 5.37. The lowest BCUT2D eigenvalue weighted by molar-refractivity contribution is -0.274. The van der Waals surface area contributed by atoms with E-state index >= 15 is 0 Å². The molecule has 1 amide bonds. The van der Waals surface area contributed by atoms with Crippen molar-refractivity contribution in [2.24, 2.45) is 0 Å². The van der Waals surface area contributed by atoms with E-state index in [2.05, 4.69) is 19.6 Å². The zero-order chi connectivity index (χ0) is 19.7. The summed E-state index contributed by atoms with van der Waals surface area (Å²) >= 11 is 1.51. The van der Waals surface area contributed by atoms with E-state index < -0.39 is 6.36 Å². The average Bonchev–Trinajstić information content (AvgIpc) is 3.11. The number of fused-ring (bicyclic) bond motifs is 1. The van der Waals surface area contributed by atoms with Crippen LogP contribution in [-0.2, 0) is 0 Å². The maximum atomic E-state index is 12.6. The van der Waals surface area contributed by atoms with Gasteiger partial charge >= 0.3 is 6.36 Å². The summed E-state index contributed by atoms with van der Waals surface area (Å²) in [5.41, 5.74) is 1.18. The molecule has 0 radical (unpaired) electrons. The largest absolute Gasteiger partial charge is 0.573 e. The van der Waals surface area contributed by atoms with E-state index in [4.69, 9.17) is 0 Å². The molecule has 0 bridgehead atoms. The Labute approximate surface area is 162 Å². The van der Waals surface area contributed by atoms with Gasteiger partial charge in [-0.3, -0.25) is 4.79 Å². The quantitative estimate of drug-likeness (QED) is 0.663. The van der Waals surface area contributed by atoms with Crippen LogP contribution in [0, 0.1) is 0 Å². The number of aromatic nitrogens is 2. The van der Waals surface area contributed by atoms with E-state index in [0.717, 1.165) is 27.6 Å². The molecule has 1 saturated heterocycles. The van der Waals surface area contributed by atoms with Crippen molar-refractivity contribution in [1.29, 1.82) is 0 Å². The fourth-order valence-electron chi connectivity index (χ4n) is 2.98. The maximum Gasteiger partial charge on any atom is 0.573 e. The molecule has 2 aromatic heterocycles. The van der Waals surface area contributed by atoms with Gasteiger partial charge in [-0.1, -0.05) is 11.3 Å². The molecule has 1 aromatic carbocycles. The summed E-state index contributed by atoms with van der Waals surface area (Å²) in [7, 11) is 0. The fraction of sp³-hybridized carbons (Fsp3) is 0.278. The molecule has 10 heteroatoms. The van der Waals surface area contributed by atoms with E-state index in [1.54, 1.807) is 11.1 Å². The van der Waals surface area contributed by atoms with Crippen molar-refractivity contribution in [1.82, 2.24) is 14.9 Å². The van der Waals surface area contributed by atoms with Crippen LogP contribution < -0.4 is 9.64 Å². The number of anilines is 1. The number of nitrogens with zero attached hydrogens (tertiary/aromatic N) is 4. The Kier molecular flexibility index (Phi) is 4.80. The molecule has 0 unspecified atom stereocenters. The number of pyridine rings is 1. The summed E-state index contributed by atoms with van der Waals surface area (Å²) in [5, 5.41) is 0.870. The molecule has 146 valence electrons. The molecule has 3 heterocycles. The number of rotatable bonds is 3. The van der Waals surface area contributed by atoms with Gasteiger partial charge in [0.2, 0.25) is 0 Å². The van der Waals surface area contributed by atoms with Crippen LogP contribution in [0.5, 0.6) is 5.75 Å². The number of ether oxygens (including phenoxy) is 1. The van der Waals surface area contributed by atoms with Crippen LogP contribution in [0.2, 0.25) is 0 Å². The number of alkyl halides is 3. The number of carbonyl (C=O) groups excluding carboxylic acids is 1. The van der Waals surface area contributed by atoms with Crippen LogP contribution in [0.15, 0.2) is 42.6 Å². The molecule has 3 aromatic rings. The Hall–Kier alpha value is -2.88. The Morgan fingerprint density at radius 1 is 1.07 bits per heavy atom. The minimum Gasteiger partial charge on any atom is -0.406 e. The Balaban J connectivity index is 1.38. The normalized spacial score (nSPS) is 15.1. The third-order valence-electron chi connectivity index (χ3n) is 4.33. The van der Waals surface area contributed by atoms with Crippen LogP contribution >= 0.6 is 11.3 Å². The first kappa shape index (κ1) is 18.5. The van der Waals surface area contributed by atoms with Gasteiger partial charge in [-0.2, -0.15) is 0 Å². The molecule has 28 heavy (non-hydrogen) atoms. The van der Waals surface area contributed by atoms with Gasteiger partial charge in [0, 0.05) is 37.9 Å². The van der Waals surface area contributed by atoms with Gasteiger partial charge in [-0.05, 0) is 36.4 Å². The molecule has 0 N–H and O–H groups in total. The highest BCUT2D eigenvalue weighted by Crippen LogP contribution is 2.28. The van der Waals surface area contributed by atoms with Gasteiger partial charge in [-0.25, -0.2) is 9.97 Å². The van der Waals surface area contributed by atoms with E-state index in [0.29, 0.717) is 31.7 Å². The molecule has 0 aliphatic carbocycles. The second-order valence-corrected chi connectivity index (χ2v) is 7.13. The number of amides is 1. The highest BCUT2D eigenvalue weighted by atomic mass is 32.1. The van der Waals surface area contributed by atoms with Crippen molar-refractivity contribution in [3.05, 3.63) is 48.2 Å². The standard InChI is InChI=1S/C18H15F3N4O2S/c19-18(20,21)27-13-5-3-12(4-6-13)16(26)24-8-10-25(11-9-24)17-23-14-2-1-7-22-15(14)28-17/h1-7H,8-11H2. The van der Waals surface area contributed by atoms with Crippen molar-refractivity contribution in [2.75, 3.05) is 31.1 Å². The second kappa shape index (κ2) is 7.27. The molecule has 1 aliphatic rings. The number of benzene rings is 1. The highest BCUT2D eigenvalue weighted by Gasteiger charge is 2.31. The lowest BCUT2D eigenvalue weighted by Gasteiger charge is -2.34. The van der Waals surface area contributed by atoms with E-state index in [1.165, 1.54) is 23.5 Å². The van der Waals surface area contributed by atoms with Crippen LogP contribution in [0.3, 0.4) is 0 Å². The van der Waals surface area contributed by atoms with Crippen LogP contribution in [0.4, 0.5) is 18.3 Å². The molecular weight excluding hydrogens is 393 g/mol. The first-order valence-corrected chi connectivity index (χ1v) is 9.32. The van der Waals surface area contributed by atoms with Gasteiger partial charge in [0.15, 0.2) is 5.13 Å². The zero-order valence-electron chi connectivity index (χ0n) is 14.5. The summed E-state index contributed by atoms with van der Waals surface area (Å²) in [4.78, 5) is 26.1. The average molecular weight is 408 g/mol. The molecule has 0 saturated carbocycles. The SMILES string of the molecule is O=C(c1ccc(OC(F)(F)F)cc1)N1CCN(c2nc3cccnc3s2)CC1. The predicted octanol–water partition coefficient (Wildman–Crippen LogP) is 3.55. The summed E-state index contributed by atoms with van der Waals surface area (Å²) in [6.45, 7) is 2.26. The number of thiazole rings is 1. The van der Waals surface area contributed by atoms with E-state index in [-0.39, 0.29) is 11.7 Å². The van der Waals surface area contributed by atoms with Gasteiger partial charge in [0.05, 0.1) is 0 Å². The minimum atomic E-state index is -4.75. The van der Waals surface area contributed by atoms with Crippen LogP contribution in [0.1, 0.15) is 10.4 Å². The van der Waals surface area contributed by atoms with Crippen molar-refractivity contribution in [3.63, 3.8) is 0 Å². The molecule has 0 atom stereocenters. The zero-order valence-corrected chi connectivity index (χ0v) is 15.3.